The van der Waals surface area contributed by atoms with Crippen molar-refractivity contribution in [2.45, 2.75) is 32.5 Å². The predicted molar refractivity (Wildman–Crippen MR) is 84.2 cm³/mol. The van der Waals surface area contributed by atoms with Crippen molar-refractivity contribution in [3.05, 3.63) is 54.0 Å². The molecular weight excluding hydrogens is 264 g/mol. The van der Waals surface area contributed by atoms with E-state index in [4.69, 9.17) is 14.9 Å². The molecule has 2 rings (SSSR count). The quantitative estimate of drug-likeness (QED) is 0.850. The number of hydrogen-bond donors (Lipinski definition) is 1. The van der Waals surface area contributed by atoms with Gasteiger partial charge in [0.1, 0.15) is 11.5 Å². The number of nitrogens with two attached hydrogens (primary N) is 1. The highest BCUT2D eigenvalue weighted by Crippen LogP contribution is 2.23. The van der Waals surface area contributed by atoms with E-state index in [1.165, 1.54) is 5.56 Å². The summed E-state index contributed by atoms with van der Waals surface area (Å²) < 4.78 is 11.1. The molecule has 0 aliphatic heterocycles. The molecule has 0 saturated heterocycles. The van der Waals surface area contributed by atoms with Crippen molar-refractivity contribution < 1.29 is 9.15 Å². The minimum Gasteiger partial charge on any atom is -0.491 e. The number of rotatable bonds is 7. The summed E-state index contributed by atoms with van der Waals surface area (Å²) >= 11 is 0. The highest BCUT2D eigenvalue weighted by molar-refractivity contribution is 5.29. The molecule has 114 valence electrons. The van der Waals surface area contributed by atoms with E-state index in [0.717, 1.165) is 18.1 Å². The van der Waals surface area contributed by atoms with Crippen molar-refractivity contribution in [1.82, 2.24) is 4.90 Å². The maximum Gasteiger partial charge on any atom is 0.119 e. The summed E-state index contributed by atoms with van der Waals surface area (Å²) in [5.74, 6) is 1.83. The van der Waals surface area contributed by atoms with Crippen molar-refractivity contribution in [3.8, 4) is 5.75 Å². The maximum absolute atomic E-state index is 5.95. The number of benzene rings is 1. The van der Waals surface area contributed by atoms with Gasteiger partial charge in [0.15, 0.2) is 0 Å². The Morgan fingerprint density at radius 3 is 2.43 bits per heavy atom. The first-order chi connectivity index (χ1) is 10.1. The van der Waals surface area contributed by atoms with Crippen LogP contribution in [-0.2, 0) is 6.54 Å². The van der Waals surface area contributed by atoms with Crippen molar-refractivity contribution in [1.29, 1.82) is 0 Å². The monoisotopic (exact) mass is 288 g/mol. The predicted octanol–water partition coefficient (Wildman–Crippen LogP) is 3.20. The Hall–Kier alpha value is -1.78. The van der Waals surface area contributed by atoms with Gasteiger partial charge in [-0.15, -0.1) is 0 Å². The third-order valence-corrected chi connectivity index (χ3v) is 3.38. The average Bonchev–Trinajstić information content (AvgIpc) is 2.93. The Morgan fingerprint density at radius 2 is 1.90 bits per heavy atom. The summed E-state index contributed by atoms with van der Waals surface area (Å²) in [6.45, 7) is 5.34. The van der Waals surface area contributed by atoms with Crippen LogP contribution >= 0.6 is 0 Å². The lowest BCUT2D eigenvalue weighted by Crippen LogP contribution is -2.30. The minimum absolute atomic E-state index is 0.156. The SMILES string of the molecule is CC(C)Oc1ccc(C(CN)N(C)Cc2ccco2)cc1. The van der Waals surface area contributed by atoms with Crippen molar-refractivity contribution in [2.75, 3.05) is 13.6 Å². The van der Waals surface area contributed by atoms with Crippen molar-refractivity contribution in [2.24, 2.45) is 5.73 Å². The minimum atomic E-state index is 0.156. The number of nitrogens with zero attached hydrogens (tertiary/aromatic N) is 1. The largest absolute Gasteiger partial charge is 0.491 e. The fourth-order valence-corrected chi connectivity index (χ4v) is 2.37. The molecule has 4 nitrogen and oxygen atoms in total. The fraction of sp³-hybridized carbons (Fsp3) is 0.412. The average molecular weight is 288 g/mol. The van der Waals surface area contributed by atoms with E-state index in [2.05, 4.69) is 24.1 Å². The Morgan fingerprint density at radius 1 is 1.19 bits per heavy atom. The lowest BCUT2D eigenvalue weighted by molar-refractivity contribution is 0.222. The molecule has 2 aromatic rings. The summed E-state index contributed by atoms with van der Waals surface area (Å²) in [4.78, 5) is 2.19. The molecule has 4 heteroatoms. The smallest absolute Gasteiger partial charge is 0.119 e. The van der Waals surface area contributed by atoms with Gasteiger partial charge < -0.3 is 14.9 Å². The summed E-state index contributed by atoms with van der Waals surface area (Å²) in [5, 5.41) is 0. The molecule has 0 radical (unpaired) electrons. The van der Waals surface area contributed by atoms with Crippen molar-refractivity contribution >= 4 is 0 Å². The molecule has 0 spiro atoms. The van der Waals surface area contributed by atoms with Gasteiger partial charge in [0.2, 0.25) is 0 Å². The van der Waals surface area contributed by atoms with E-state index in [9.17, 15) is 0 Å². The standard InChI is InChI=1S/C17H24N2O2/c1-13(2)21-15-8-6-14(7-9-15)17(11-18)19(3)12-16-5-4-10-20-16/h4-10,13,17H,11-12,18H2,1-3H3. The number of ether oxygens (including phenoxy) is 1. The topological polar surface area (TPSA) is 51.6 Å². The van der Waals surface area contributed by atoms with Gasteiger partial charge in [-0.3, -0.25) is 4.90 Å². The third-order valence-electron chi connectivity index (χ3n) is 3.38. The summed E-state index contributed by atoms with van der Waals surface area (Å²) in [6, 6.07) is 12.2. The molecule has 0 aliphatic carbocycles. The van der Waals surface area contributed by atoms with E-state index in [1.807, 2.05) is 38.1 Å². The molecule has 1 unspecified atom stereocenters. The van der Waals surface area contributed by atoms with Crippen LogP contribution in [0.4, 0.5) is 0 Å². The number of furan rings is 1. The van der Waals surface area contributed by atoms with Gasteiger partial charge >= 0.3 is 0 Å². The molecule has 1 atom stereocenters. The Kier molecular flexibility index (Phi) is 5.42. The highest BCUT2D eigenvalue weighted by Gasteiger charge is 2.16. The molecule has 2 N–H and O–H groups in total. The van der Waals surface area contributed by atoms with Gasteiger partial charge in [-0.1, -0.05) is 12.1 Å². The van der Waals surface area contributed by atoms with Crippen LogP contribution < -0.4 is 10.5 Å². The first kappa shape index (κ1) is 15.6. The molecule has 21 heavy (non-hydrogen) atoms. The molecule has 1 aromatic carbocycles. The zero-order valence-electron chi connectivity index (χ0n) is 13.0. The van der Waals surface area contributed by atoms with E-state index in [1.54, 1.807) is 6.26 Å². The number of likely N-dealkylation sites (N-methyl/N-ethyl adjacent to an activating group) is 1. The zero-order chi connectivity index (χ0) is 15.2. The molecule has 1 aromatic heterocycles. The second kappa shape index (κ2) is 7.29. The molecular formula is C17H24N2O2. The van der Waals surface area contributed by atoms with Crippen LogP contribution in [0.2, 0.25) is 0 Å². The Balaban J connectivity index is 2.05. The van der Waals surface area contributed by atoms with Crippen molar-refractivity contribution in [3.63, 3.8) is 0 Å². The second-order valence-corrected chi connectivity index (χ2v) is 5.48. The van der Waals surface area contributed by atoms with Gasteiger partial charge in [-0.05, 0) is 50.7 Å². The van der Waals surface area contributed by atoms with Crippen LogP contribution in [0.3, 0.4) is 0 Å². The maximum atomic E-state index is 5.95. The van der Waals surface area contributed by atoms with Gasteiger partial charge in [0, 0.05) is 12.6 Å². The van der Waals surface area contributed by atoms with E-state index in [-0.39, 0.29) is 12.1 Å². The van der Waals surface area contributed by atoms with Gasteiger partial charge in [-0.25, -0.2) is 0 Å². The lowest BCUT2D eigenvalue weighted by atomic mass is 10.1. The lowest BCUT2D eigenvalue weighted by Gasteiger charge is -2.26. The Labute approximate surface area is 126 Å². The van der Waals surface area contributed by atoms with Gasteiger partial charge in [0.25, 0.3) is 0 Å². The van der Waals surface area contributed by atoms with Crippen LogP contribution in [0.15, 0.2) is 47.1 Å². The van der Waals surface area contributed by atoms with E-state index in [0.29, 0.717) is 6.54 Å². The zero-order valence-corrected chi connectivity index (χ0v) is 13.0. The summed E-state index contributed by atoms with van der Waals surface area (Å²) in [7, 11) is 2.05. The molecule has 0 amide bonds. The van der Waals surface area contributed by atoms with Crippen LogP contribution in [0.1, 0.15) is 31.2 Å². The summed E-state index contributed by atoms with van der Waals surface area (Å²) in [6.07, 6.45) is 1.88. The van der Waals surface area contributed by atoms with Crippen LogP contribution in [0, 0.1) is 0 Å². The first-order valence-corrected chi connectivity index (χ1v) is 7.29. The van der Waals surface area contributed by atoms with E-state index < -0.39 is 0 Å². The normalized spacial score (nSPS) is 12.9. The molecule has 0 saturated carbocycles. The molecule has 0 fully saturated rings. The highest BCUT2D eigenvalue weighted by atomic mass is 16.5. The molecule has 0 aliphatic rings. The first-order valence-electron chi connectivity index (χ1n) is 7.29. The van der Waals surface area contributed by atoms with E-state index >= 15 is 0 Å². The van der Waals surface area contributed by atoms with Crippen LogP contribution in [-0.4, -0.2) is 24.6 Å². The second-order valence-electron chi connectivity index (χ2n) is 5.48. The Bertz CT molecular complexity index is 520. The molecule has 0 bridgehead atoms. The summed E-state index contributed by atoms with van der Waals surface area (Å²) in [5.41, 5.74) is 7.13. The van der Waals surface area contributed by atoms with Crippen LogP contribution in [0.25, 0.3) is 0 Å². The number of hydrogen-bond acceptors (Lipinski definition) is 4. The fourth-order valence-electron chi connectivity index (χ4n) is 2.37. The van der Waals surface area contributed by atoms with Gasteiger partial charge in [-0.2, -0.15) is 0 Å². The third kappa shape index (κ3) is 4.34. The molecule has 1 heterocycles. The van der Waals surface area contributed by atoms with Crippen LogP contribution in [0.5, 0.6) is 5.75 Å². The van der Waals surface area contributed by atoms with Gasteiger partial charge in [0.05, 0.1) is 18.9 Å².